The molecule has 0 aliphatic heterocycles. The maximum Gasteiger partial charge on any atom is 0.208 e. The standard InChI is InChI=1S/C27H26F2O2/c1-2-5-17-8-10-19(11-9-17)20-12-13-21-22-14-15-23(30-16-18-6-3-4-7-18)25(29)27(22)31-26(21)24(20)28/h8-15,18H,2-7,16H2,1H3. The molecule has 0 N–H and O–H groups in total. The average Bonchev–Trinajstić information content (AvgIpc) is 3.43. The number of aryl methyl sites for hydroxylation is 1. The lowest BCUT2D eigenvalue weighted by Crippen LogP contribution is -2.08. The molecule has 5 rings (SSSR count). The van der Waals surface area contributed by atoms with E-state index in [0.717, 1.165) is 31.2 Å². The number of fused-ring (bicyclic) bond motifs is 3. The second kappa shape index (κ2) is 8.33. The van der Waals surface area contributed by atoms with Gasteiger partial charge < -0.3 is 9.15 Å². The minimum Gasteiger partial charge on any atom is -0.490 e. The van der Waals surface area contributed by atoms with E-state index in [9.17, 15) is 0 Å². The van der Waals surface area contributed by atoms with E-state index in [1.54, 1.807) is 24.3 Å². The molecule has 0 atom stereocenters. The Morgan fingerprint density at radius 2 is 1.55 bits per heavy atom. The van der Waals surface area contributed by atoms with E-state index in [0.29, 0.717) is 28.9 Å². The molecule has 4 aromatic rings. The summed E-state index contributed by atoms with van der Waals surface area (Å²) in [7, 11) is 0. The van der Waals surface area contributed by atoms with Gasteiger partial charge in [0, 0.05) is 16.3 Å². The predicted molar refractivity (Wildman–Crippen MR) is 121 cm³/mol. The number of ether oxygens (including phenoxy) is 1. The summed E-state index contributed by atoms with van der Waals surface area (Å²) < 4.78 is 42.0. The van der Waals surface area contributed by atoms with Gasteiger partial charge in [-0.3, -0.25) is 0 Å². The molecule has 0 unspecified atom stereocenters. The molecule has 1 aliphatic rings. The summed E-state index contributed by atoms with van der Waals surface area (Å²) in [6.07, 6.45) is 6.74. The molecule has 1 fully saturated rings. The highest BCUT2D eigenvalue weighted by atomic mass is 19.1. The van der Waals surface area contributed by atoms with Crippen molar-refractivity contribution >= 4 is 21.9 Å². The molecule has 0 saturated heterocycles. The van der Waals surface area contributed by atoms with Gasteiger partial charge in [-0.25, -0.2) is 4.39 Å². The molecule has 0 bridgehead atoms. The van der Waals surface area contributed by atoms with Crippen molar-refractivity contribution < 1.29 is 17.9 Å². The highest BCUT2D eigenvalue weighted by Crippen LogP contribution is 2.38. The van der Waals surface area contributed by atoms with Crippen molar-refractivity contribution in [3.63, 3.8) is 0 Å². The molecule has 0 spiro atoms. The Labute approximate surface area is 180 Å². The van der Waals surface area contributed by atoms with Crippen LogP contribution >= 0.6 is 0 Å². The minimum absolute atomic E-state index is 0.0493. The summed E-state index contributed by atoms with van der Waals surface area (Å²) >= 11 is 0. The fraction of sp³-hybridized carbons (Fsp3) is 0.333. The number of hydrogen-bond acceptors (Lipinski definition) is 2. The van der Waals surface area contributed by atoms with Gasteiger partial charge in [0.05, 0.1) is 6.61 Å². The van der Waals surface area contributed by atoms with Crippen LogP contribution in [-0.4, -0.2) is 6.61 Å². The van der Waals surface area contributed by atoms with Gasteiger partial charge in [-0.05, 0) is 54.5 Å². The minimum atomic E-state index is -0.559. The summed E-state index contributed by atoms with van der Waals surface area (Å²) in [6.45, 7) is 2.64. The van der Waals surface area contributed by atoms with Gasteiger partial charge in [0.25, 0.3) is 0 Å². The topological polar surface area (TPSA) is 22.4 Å². The molecule has 1 heterocycles. The Kier molecular flexibility index (Phi) is 5.39. The third-order valence-corrected chi connectivity index (χ3v) is 6.41. The van der Waals surface area contributed by atoms with Crippen LogP contribution in [0.5, 0.6) is 5.75 Å². The van der Waals surface area contributed by atoms with E-state index < -0.39 is 11.6 Å². The van der Waals surface area contributed by atoms with E-state index in [4.69, 9.17) is 9.15 Å². The van der Waals surface area contributed by atoms with Gasteiger partial charge in [-0.15, -0.1) is 0 Å². The lowest BCUT2D eigenvalue weighted by molar-refractivity contribution is 0.242. The fourth-order valence-electron chi connectivity index (χ4n) is 4.68. The van der Waals surface area contributed by atoms with Crippen LogP contribution in [0.4, 0.5) is 8.78 Å². The van der Waals surface area contributed by atoms with Gasteiger partial charge >= 0.3 is 0 Å². The molecular weight excluding hydrogens is 394 g/mol. The molecule has 0 radical (unpaired) electrons. The first-order chi connectivity index (χ1) is 15.2. The SMILES string of the molecule is CCCc1ccc(-c2ccc3c(oc4c(F)c(OCC5CCCC5)ccc43)c2F)cc1. The lowest BCUT2D eigenvalue weighted by Gasteiger charge is -2.11. The van der Waals surface area contributed by atoms with Crippen molar-refractivity contribution in [3.05, 3.63) is 65.7 Å². The number of halogens is 2. The molecule has 31 heavy (non-hydrogen) atoms. The van der Waals surface area contributed by atoms with Crippen LogP contribution in [0.25, 0.3) is 33.1 Å². The summed E-state index contributed by atoms with van der Waals surface area (Å²) in [5.41, 5.74) is 2.59. The van der Waals surface area contributed by atoms with Crippen LogP contribution in [0, 0.1) is 17.6 Å². The fourth-order valence-corrected chi connectivity index (χ4v) is 4.68. The third kappa shape index (κ3) is 3.69. The zero-order valence-electron chi connectivity index (χ0n) is 17.7. The van der Waals surface area contributed by atoms with E-state index in [-0.39, 0.29) is 16.9 Å². The van der Waals surface area contributed by atoms with Gasteiger partial charge in [0.2, 0.25) is 5.82 Å². The summed E-state index contributed by atoms with van der Waals surface area (Å²) in [6, 6.07) is 14.8. The van der Waals surface area contributed by atoms with Crippen LogP contribution < -0.4 is 4.74 Å². The molecule has 3 aromatic carbocycles. The summed E-state index contributed by atoms with van der Waals surface area (Å²) in [5, 5.41) is 1.13. The first-order valence-corrected chi connectivity index (χ1v) is 11.2. The number of furan rings is 1. The highest BCUT2D eigenvalue weighted by Gasteiger charge is 2.21. The van der Waals surface area contributed by atoms with Crippen molar-refractivity contribution in [2.75, 3.05) is 6.61 Å². The second-order valence-corrected chi connectivity index (χ2v) is 8.57. The monoisotopic (exact) mass is 420 g/mol. The molecule has 1 aliphatic carbocycles. The smallest absolute Gasteiger partial charge is 0.208 e. The second-order valence-electron chi connectivity index (χ2n) is 8.57. The highest BCUT2D eigenvalue weighted by molar-refractivity contribution is 6.06. The molecular formula is C27H26F2O2. The quantitative estimate of drug-likeness (QED) is 0.315. The van der Waals surface area contributed by atoms with Gasteiger partial charge in [0.1, 0.15) is 0 Å². The van der Waals surface area contributed by atoms with Crippen LogP contribution in [0.15, 0.2) is 52.9 Å². The normalized spacial score (nSPS) is 14.7. The molecule has 1 aromatic heterocycles. The average molecular weight is 420 g/mol. The van der Waals surface area contributed by atoms with Gasteiger partial charge in [0.15, 0.2) is 22.7 Å². The Morgan fingerprint density at radius 1 is 0.871 bits per heavy atom. The Hall–Kier alpha value is -2.88. The van der Waals surface area contributed by atoms with E-state index in [1.165, 1.54) is 18.4 Å². The molecule has 4 heteroatoms. The van der Waals surface area contributed by atoms with Gasteiger partial charge in [-0.1, -0.05) is 56.5 Å². The third-order valence-electron chi connectivity index (χ3n) is 6.41. The van der Waals surface area contributed by atoms with Crippen LogP contribution in [0.1, 0.15) is 44.6 Å². The molecule has 1 saturated carbocycles. The number of benzene rings is 3. The Morgan fingerprint density at radius 3 is 2.26 bits per heavy atom. The number of hydrogen-bond donors (Lipinski definition) is 0. The van der Waals surface area contributed by atoms with Crippen LogP contribution in [0.2, 0.25) is 0 Å². The van der Waals surface area contributed by atoms with E-state index in [2.05, 4.69) is 6.92 Å². The maximum absolute atomic E-state index is 15.4. The zero-order valence-corrected chi connectivity index (χ0v) is 17.7. The van der Waals surface area contributed by atoms with E-state index in [1.807, 2.05) is 24.3 Å². The van der Waals surface area contributed by atoms with Crippen molar-refractivity contribution in [1.29, 1.82) is 0 Å². The Balaban J connectivity index is 1.51. The van der Waals surface area contributed by atoms with Crippen molar-refractivity contribution in [1.82, 2.24) is 0 Å². The summed E-state index contributed by atoms with van der Waals surface area (Å²) in [5.74, 6) is -0.374. The molecule has 0 amide bonds. The zero-order chi connectivity index (χ0) is 21.4. The van der Waals surface area contributed by atoms with Crippen LogP contribution in [-0.2, 0) is 6.42 Å². The lowest BCUT2D eigenvalue weighted by atomic mass is 10.0. The Bertz CT molecular complexity index is 1220. The molecule has 2 nitrogen and oxygen atoms in total. The van der Waals surface area contributed by atoms with Crippen molar-refractivity contribution in [2.24, 2.45) is 5.92 Å². The largest absolute Gasteiger partial charge is 0.490 e. The van der Waals surface area contributed by atoms with E-state index >= 15 is 8.78 Å². The van der Waals surface area contributed by atoms with Gasteiger partial charge in [-0.2, -0.15) is 4.39 Å². The van der Waals surface area contributed by atoms with Crippen molar-refractivity contribution in [3.8, 4) is 16.9 Å². The maximum atomic E-state index is 15.4. The first kappa shape index (κ1) is 20.0. The number of rotatable bonds is 6. The van der Waals surface area contributed by atoms with Crippen LogP contribution in [0.3, 0.4) is 0 Å². The van der Waals surface area contributed by atoms with Crippen molar-refractivity contribution in [2.45, 2.75) is 45.4 Å². The first-order valence-electron chi connectivity index (χ1n) is 11.2. The molecule has 160 valence electrons. The summed E-state index contributed by atoms with van der Waals surface area (Å²) in [4.78, 5) is 0. The predicted octanol–water partition coefficient (Wildman–Crippen LogP) is 8.05.